The Balaban J connectivity index is 2.99. The number of hydrogen-bond acceptors (Lipinski definition) is 2. The van der Waals surface area contributed by atoms with Crippen molar-refractivity contribution in [3.05, 3.63) is 34.9 Å². The van der Waals surface area contributed by atoms with Crippen LogP contribution in [0, 0.1) is 17.2 Å². The van der Waals surface area contributed by atoms with E-state index in [0.29, 0.717) is 5.02 Å². The summed E-state index contributed by atoms with van der Waals surface area (Å²) < 4.78 is 0. The third-order valence-electron chi connectivity index (χ3n) is 2.37. The van der Waals surface area contributed by atoms with Crippen LogP contribution in [0.2, 0.25) is 5.02 Å². The molecule has 0 radical (unpaired) electrons. The van der Waals surface area contributed by atoms with Crippen LogP contribution < -0.4 is 0 Å². The maximum atomic E-state index is 9.86. The molecule has 15 heavy (non-hydrogen) atoms. The molecule has 0 fully saturated rings. The van der Waals surface area contributed by atoms with E-state index in [2.05, 4.69) is 6.07 Å². The largest absolute Gasteiger partial charge is 0.391 e. The molecule has 2 nitrogen and oxygen atoms in total. The van der Waals surface area contributed by atoms with Crippen molar-refractivity contribution >= 4 is 11.6 Å². The highest BCUT2D eigenvalue weighted by atomic mass is 35.5. The summed E-state index contributed by atoms with van der Waals surface area (Å²) in [7, 11) is 0. The van der Waals surface area contributed by atoms with Gasteiger partial charge in [0.25, 0.3) is 0 Å². The lowest BCUT2D eigenvalue weighted by molar-refractivity contribution is 0.113. The Hall–Kier alpha value is -1.04. The van der Waals surface area contributed by atoms with Crippen molar-refractivity contribution in [2.45, 2.75) is 25.9 Å². The van der Waals surface area contributed by atoms with Crippen LogP contribution in [-0.4, -0.2) is 11.2 Å². The fourth-order valence-electron chi connectivity index (χ4n) is 1.43. The standard InChI is InChI=1S/C12H14ClNO/c1-8(2)12(15)11(7-14)9-4-3-5-10(13)6-9/h3-6,8,11-12,15H,1-2H3. The van der Waals surface area contributed by atoms with Gasteiger partial charge in [0.15, 0.2) is 0 Å². The van der Waals surface area contributed by atoms with E-state index in [9.17, 15) is 5.11 Å². The molecule has 1 aromatic carbocycles. The molecule has 0 bridgehead atoms. The Morgan fingerprint density at radius 3 is 2.53 bits per heavy atom. The van der Waals surface area contributed by atoms with Gasteiger partial charge in [0.05, 0.1) is 18.1 Å². The maximum absolute atomic E-state index is 9.86. The highest BCUT2D eigenvalue weighted by molar-refractivity contribution is 6.30. The lowest BCUT2D eigenvalue weighted by Crippen LogP contribution is -2.23. The minimum absolute atomic E-state index is 0.0497. The minimum Gasteiger partial charge on any atom is -0.391 e. The molecule has 1 N–H and O–H groups in total. The van der Waals surface area contributed by atoms with Gasteiger partial charge in [0, 0.05) is 5.02 Å². The quantitative estimate of drug-likeness (QED) is 0.856. The van der Waals surface area contributed by atoms with Crippen LogP contribution in [0.25, 0.3) is 0 Å². The molecule has 1 aromatic rings. The Kier molecular flexibility index (Phi) is 4.14. The monoisotopic (exact) mass is 223 g/mol. The first-order chi connectivity index (χ1) is 7.06. The highest BCUT2D eigenvalue weighted by Gasteiger charge is 2.23. The summed E-state index contributed by atoms with van der Waals surface area (Å²) in [5, 5.41) is 19.5. The molecule has 0 amide bonds. The minimum atomic E-state index is -0.659. The molecule has 2 atom stereocenters. The van der Waals surface area contributed by atoms with Crippen molar-refractivity contribution in [3.63, 3.8) is 0 Å². The number of aliphatic hydroxyl groups excluding tert-OH is 1. The molecule has 2 unspecified atom stereocenters. The molecule has 0 saturated heterocycles. The van der Waals surface area contributed by atoms with Crippen LogP contribution >= 0.6 is 11.6 Å². The molecule has 0 aliphatic rings. The van der Waals surface area contributed by atoms with E-state index in [4.69, 9.17) is 16.9 Å². The zero-order valence-electron chi connectivity index (χ0n) is 8.81. The van der Waals surface area contributed by atoms with Gasteiger partial charge in [0.2, 0.25) is 0 Å². The van der Waals surface area contributed by atoms with Crippen LogP contribution in [0.1, 0.15) is 25.3 Å². The zero-order valence-corrected chi connectivity index (χ0v) is 9.57. The second-order valence-corrected chi connectivity index (χ2v) is 4.33. The smallest absolute Gasteiger partial charge is 0.0974 e. The van der Waals surface area contributed by atoms with Gasteiger partial charge in [-0.05, 0) is 23.6 Å². The summed E-state index contributed by atoms with van der Waals surface area (Å²) >= 11 is 5.84. The van der Waals surface area contributed by atoms with Gasteiger partial charge in [0.1, 0.15) is 0 Å². The Morgan fingerprint density at radius 2 is 2.07 bits per heavy atom. The summed E-state index contributed by atoms with van der Waals surface area (Å²) in [4.78, 5) is 0. The molecule has 0 aliphatic heterocycles. The van der Waals surface area contributed by atoms with E-state index < -0.39 is 12.0 Å². The van der Waals surface area contributed by atoms with Gasteiger partial charge in [-0.1, -0.05) is 37.6 Å². The van der Waals surface area contributed by atoms with E-state index in [1.54, 1.807) is 18.2 Å². The summed E-state index contributed by atoms with van der Waals surface area (Å²) in [6, 6.07) is 9.19. The Labute approximate surface area is 95.1 Å². The lowest BCUT2D eigenvalue weighted by Gasteiger charge is -2.20. The molecule has 1 rings (SSSR count). The molecule has 3 heteroatoms. The van der Waals surface area contributed by atoms with Crippen LogP contribution in [0.5, 0.6) is 0 Å². The normalized spacial score (nSPS) is 14.7. The van der Waals surface area contributed by atoms with Gasteiger partial charge in [-0.15, -0.1) is 0 Å². The van der Waals surface area contributed by atoms with E-state index >= 15 is 0 Å². The van der Waals surface area contributed by atoms with Crippen molar-refractivity contribution in [2.75, 3.05) is 0 Å². The number of aliphatic hydroxyl groups is 1. The summed E-state index contributed by atoms with van der Waals surface area (Å²) in [6.07, 6.45) is -0.659. The average Bonchev–Trinajstić information content (AvgIpc) is 2.18. The predicted molar refractivity (Wildman–Crippen MR) is 60.7 cm³/mol. The fraction of sp³-hybridized carbons (Fsp3) is 0.417. The van der Waals surface area contributed by atoms with E-state index in [1.165, 1.54) is 0 Å². The van der Waals surface area contributed by atoms with Crippen LogP contribution in [0.3, 0.4) is 0 Å². The molecule has 0 heterocycles. The first-order valence-corrected chi connectivity index (χ1v) is 5.27. The van der Waals surface area contributed by atoms with Crippen molar-refractivity contribution in [1.29, 1.82) is 5.26 Å². The number of hydrogen-bond donors (Lipinski definition) is 1. The van der Waals surface area contributed by atoms with E-state index in [1.807, 2.05) is 19.9 Å². The molecule has 0 spiro atoms. The summed E-state index contributed by atoms with van der Waals surface area (Å²) in [6.45, 7) is 3.78. The highest BCUT2D eigenvalue weighted by Crippen LogP contribution is 2.25. The number of nitriles is 1. The van der Waals surface area contributed by atoms with Crippen molar-refractivity contribution in [2.24, 2.45) is 5.92 Å². The molecular weight excluding hydrogens is 210 g/mol. The van der Waals surface area contributed by atoms with Gasteiger partial charge in [-0.2, -0.15) is 5.26 Å². The van der Waals surface area contributed by atoms with Gasteiger partial charge < -0.3 is 5.11 Å². The van der Waals surface area contributed by atoms with Crippen LogP contribution in [0.15, 0.2) is 24.3 Å². The zero-order chi connectivity index (χ0) is 11.4. The number of benzene rings is 1. The predicted octanol–water partition coefficient (Wildman–Crippen LogP) is 2.96. The Bertz CT molecular complexity index is 370. The third kappa shape index (κ3) is 2.95. The first-order valence-electron chi connectivity index (χ1n) is 4.89. The average molecular weight is 224 g/mol. The van der Waals surface area contributed by atoms with Crippen molar-refractivity contribution < 1.29 is 5.11 Å². The van der Waals surface area contributed by atoms with E-state index in [-0.39, 0.29) is 5.92 Å². The Morgan fingerprint density at radius 1 is 1.40 bits per heavy atom. The molecule has 80 valence electrons. The molecule has 0 saturated carbocycles. The van der Waals surface area contributed by atoms with Crippen LogP contribution in [-0.2, 0) is 0 Å². The maximum Gasteiger partial charge on any atom is 0.0974 e. The second kappa shape index (κ2) is 5.16. The molecular formula is C12H14ClNO. The summed E-state index contributed by atoms with van der Waals surface area (Å²) in [5.41, 5.74) is 0.770. The second-order valence-electron chi connectivity index (χ2n) is 3.90. The first kappa shape index (κ1) is 12.0. The number of rotatable bonds is 3. The molecule has 0 aliphatic carbocycles. The SMILES string of the molecule is CC(C)C(O)C(C#N)c1cccc(Cl)c1. The van der Waals surface area contributed by atoms with Crippen molar-refractivity contribution in [3.8, 4) is 6.07 Å². The van der Waals surface area contributed by atoms with Gasteiger partial charge in [-0.3, -0.25) is 0 Å². The lowest BCUT2D eigenvalue weighted by atomic mass is 9.88. The molecule has 0 aromatic heterocycles. The number of halogens is 1. The fourth-order valence-corrected chi connectivity index (χ4v) is 1.63. The van der Waals surface area contributed by atoms with E-state index in [0.717, 1.165) is 5.56 Å². The van der Waals surface area contributed by atoms with Gasteiger partial charge >= 0.3 is 0 Å². The topological polar surface area (TPSA) is 44.0 Å². The third-order valence-corrected chi connectivity index (χ3v) is 2.61. The van der Waals surface area contributed by atoms with Crippen LogP contribution in [0.4, 0.5) is 0 Å². The van der Waals surface area contributed by atoms with Crippen molar-refractivity contribution in [1.82, 2.24) is 0 Å². The van der Waals surface area contributed by atoms with Gasteiger partial charge in [-0.25, -0.2) is 0 Å². The summed E-state index contributed by atoms with van der Waals surface area (Å²) in [5.74, 6) is -0.461. The number of nitrogens with zero attached hydrogens (tertiary/aromatic N) is 1.